The van der Waals surface area contributed by atoms with Crippen LogP contribution in [0.15, 0.2) is 0 Å². The summed E-state index contributed by atoms with van der Waals surface area (Å²) in [7, 11) is -1.56. The molecule has 0 radical (unpaired) electrons. The molecular formula is C12H29NOSi. The van der Waals surface area contributed by atoms with Crippen LogP contribution in [0.4, 0.5) is 0 Å². The van der Waals surface area contributed by atoms with Gasteiger partial charge in [0.1, 0.15) is 0 Å². The van der Waals surface area contributed by atoms with Gasteiger partial charge in [-0.3, -0.25) is 0 Å². The lowest BCUT2D eigenvalue weighted by Crippen LogP contribution is -2.45. The summed E-state index contributed by atoms with van der Waals surface area (Å²) in [5.41, 5.74) is 0. The maximum Gasteiger partial charge on any atom is 0.192 e. The molecule has 2 nitrogen and oxygen atoms in total. The molecule has 0 aromatic heterocycles. The Hall–Kier alpha value is 0.137. The first-order valence-electron chi connectivity index (χ1n) is 5.96. The number of hydrogen-bond donors (Lipinski definition) is 1. The molecule has 0 aliphatic rings. The van der Waals surface area contributed by atoms with E-state index in [1.807, 2.05) is 0 Å². The van der Waals surface area contributed by atoms with Gasteiger partial charge in [-0.15, -0.1) is 0 Å². The van der Waals surface area contributed by atoms with Crippen molar-refractivity contribution in [3.8, 4) is 0 Å². The molecule has 0 aromatic carbocycles. The fourth-order valence-corrected chi connectivity index (χ4v) is 2.27. The van der Waals surface area contributed by atoms with Crippen LogP contribution in [0.1, 0.15) is 41.5 Å². The van der Waals surface area contributed by atoms with Crippen LogP contribution in [0.3, 0.4) is 0 Å². The Morgan fingerprint density at radius 1 is 1.13 bits per heavy atom. The monoisotopic (exact) mass is 231 g/mol. The summed E-state index contributed by atoms with van der Waals surface area (Å²) >= 11 is 0. The standard InChI is InChI=1S/C12H29NOSi/c1-10(2)13-11(3)9-14-15(7,8)12(4,5)6/h10-11,13H,9H2,1-8H3/t11-/m0/s1. The van der Waals surface area contributed by atoms with Crippen molar-refractivity contribution in [3.63, 3.8) is 0 Å². The van der Waals surface area contributed by atoms with Crippen LogP contribution in [0.25, 0.3) is 0 Å². The second kappa shape index (κ2) is 5.46. The van der Waals surface area contributed by atoms with Crippen molar-refractivity contribution < 1.29 is 4.43 Å². The number of hydrogen-bond acceptors (Lipinski definition) is 2. The summed E-state index contributed by atoms with van der Waals surface area (Å²) < 4.78 is 6.13. The zero-order chi connectivity index (χ0) is 12.3. The Morgan fingerprint density at radius 3 is 1.93 bits per heavy atom. The molecule has 1 N–H and O–H groups in total. The van der Waals surface area contributed by atoms with Crippen molar-refractivity contribution >= 4 is 8.32 Å². The van der Waals surface area contributed by atoms with Crippen molar-refractivity contribution in [1.82, 2.24) is 5.32 Å². The van der Waals surface area contributed by atoms with E-state index in [0.717, 1.165) is 6.61 Å². The summed E-state index contributed by atoms with van der Waals surface area (Å²) in [5, 5.41) is 3.77. The highest BCUT2D eigenvalue weighted by molar-refractivity contribution is 6.74. The van der Waals surface area contributed by atoms with Crippen molar-refractivity contribution in [3.05, 3.63) is 0 Å². The third-order valence-electron chi connectivity index (χ3n) is 3.12. The molecule has 1 atom stereocenters. The van der Waals surface area contributed by atoms with E-state index in [1.165, 1.54) is 0 Å². The summed E-state index contributed by atoms with van der Waals surface area (Å²) in [6.45, 7) is 18.8. The third kappa shape index (κ3) is 5.69. The van der Waals surface area contributed by atoms with E-state index in [9.17, 15) is 0 Å². The van der Waals surface area contributed by atoms with Gasteiger partial charge in [0.05, 0.1) is 0 Å². The SMILES string of the molecule is CC(C)N[C@@H](C)CO[Si](C)(C)C(C)(C)C. The normalized spacial score (nSPS) is 15.8. The van der Waals surface area contributed by atoms with Crippen molar-refractivity contribution in [1.29, 1.82) is 0 Å². The summed E-state index contributed by atoms with van der Waals surface area (Å²) in [4.78, 5) is 0. The smallest absolute Gasteiger partial charge is 0.192 e. The summed E-state index contributed by atoms with van der Waals surface area (Å²) in [5.74, 6) is 0. The maximum atomic E-state index is 6.13. The van der Waals surface area contributed by atoms with Crippen LogP contribution in [0.5, 0.6) is 0 Å². The molecule has 0 saturated carbocycles. The van der Waals surface area contributed by atoms with Crippen molar-refractivity contribution in [2.75, 3.05) is 6.61 Å². The van der Waals surface area contributed by atoms with Crippen molar-refractivity contribution in [2.24, 2.45) is 0 Å². The lowest BCUT2D eigenvalue weighted by atomic mass is 10.2. The largest absolute Gasteiger partial charge is 0.415 e. The average Bonchev–Trinajstić information content (AvgIpc) is 1.97. The maximum absolute atomic E-state index is 6.13. The molecule has 0 unspecified atom stereocenters. The first-order valence-corrected chi connectivity index (χ1v) is 8.87. The Bertz CT molecular complexity index is 185. The summed E-state index contributed by atoms with van der Waals surface area (Å²) in [6.07, 6.45) is 0. The minimum atomic E-state index is -1.56. The number of rotatable bonds is 5. The van der Waals surface area contributed by atoms with Gasteiger partial charge in [-0.25, -0.2) is 0 Å². The quantitative estimate of drug-likeness (QED) is 0.732. The topological polar surface area (TPSA) is 21.3 Å². The van der Waals surface area contributed by atoms with Gasteiger partial charge in [0.2, 0.25) is 0 Å². The zero-order valence-corrected chi connectivity index (χ0v) is 12.8. The Morgan fingerprint density at radius 2 is 1.60 bits per heavy atom. The molecule has 0 amide bonds. The first-order chi connectivity index (χ1) is 6.56. The molecule has 0 aliphatic heterocycles. The van der Waals surface area contributed by atoms with Gasteiger partial charge in [0.25, 0.3) is 0 Å². The van der Waals surface area contributed by atoms with E-state index < -0.39 is 8.32 Å². The van der Waals surface area contributed by atoms with E-state index in [1.54, 1.807) is 0 Å². The molecule has 0 aromatic rings. The van der Waals surface area contributed by atoms with Crippen molar-refractivity contribution in [2.45, 2.75) is 71.8 Å². The summed E-state index contributed by atoms with van der Waals surface area (Å²) in [6, 6.07) is 0.974. The van der Waals surface area contributed by atoms with E-state index in [2.05, 4.69) is 60.0 Å². The molecule has 0 bridgehead atoms. The fourth-order valence-electron chi connectivity index (χ4n) is 1.17. The molecule has 0 spiro atoms. The lowest BCUT2D eigenvalue weighted by molar-refractivity contribution is 0.244. The molecular weight excluding hydrogens is 202 g/mol. The van der Waals surface area contributed by atoms with Crippen LogP contribution in [0, 0.1) is 0 Å². The molecule has 0 heterocycles. The van der Waals surface area contributed by atoms with Crippen LogP contribution >= 0.6 is 0 Å². The van der Waals surface area contributed by atoms with Crippen LogP contribution in [-0.2, 0) is 4.43 Å². The van der Waals surface area contributed by atoms with E-state index >= 15 is 0 Å². The van der Waals surface area contributed by atoms with Gasteiger partial charge in [0, 0.05) is 18.7 Å². The molecule has 0 rings (SSSR count). The second-order valence-corrected chi connectivity index (χ2v) is 11.1. The minimum Gasteiger partial charge on any atom is -0.415 e. The van der Waals surface area contributed by atoms with Gasteiger partial charge < -0.3 is 9.74 Å². The van der Waals surface area contributed by atoms with Gasteiger partial charge in [-0.1, -0.05) is 34.6 Å². The van der Waals surface area contributed by atoms with Gasteiger partial charge in [-0.05, 0) is 25.1 Å². The Balaban J connectivity index is 4.04. The zero-order valence-electron chi connectivity index (χ0n) is 11.8. The Labute approximate surface area is 96.9 Å². The highest BCUT2D eigenvalue weighted by atomic mass is 28.4. The predicted octanol–water partition coefficient (Wildman–Crippen LogP) is 3.39. The molecule has 0 aliphatic carbocycles. The van der Waals surface area contributed by atoms with E-state index in [-0.39, 0.29) is 0 Å². The number of nitrogens with one attached hydrogen (secondary N) is 1. The van der Waals surface area contributed by atoms with Gasteiger partial charge >= 0.3 is 0 Å². The molecule has 92 valence electrons. The van der Waals surface area contributed by atoms with Crippen LogP contribution < -0.4 is 5.32 Å². The molecule has 0 fully saturated rings. The lowest BCUT2D eigenvalue weighted by Gasteiger charge is -2.37. The fraction of sp³-hybridized carbons (Fsp3) is 1.00. The van der Waals surface area contributed by atoms with Gasteiger partial charge in [0.15, 0.2) is 8.32 Å². The highest BCUT2D eigenvalue weighted by Crippen LogP contribution is 2.36. The highest BCUT2D eigenvalue weighted by Gasteiger charge is 2.37. The van der Waals surface area contributed by atoms with Crippen LogP contribution in [-0.4, -0.2) is 27.0 Å². The molecule has 0 saturated heterocycles. The molecule has 3 heteroatoms. The molecule has 15 heavy (non-hydrogen) atoms. The van der Waals surface area contributed by atoms with E-state index in [0.29, 0.717) is 17.1 Å². The predicted molar refractivity (Wildman–Crippen MR) is 70.9 cm³/mol. The third-order valence-corrected chi connectivity index (χ3v) is 7.62. The first kappa shape index (κ1) is 15.1. The minimum absolute atomic E-state index is 0.310. The van der Waals surface area contributed by atoms with E-state index in [4.69, 9.17) is 4.43 Å². The average molecular weight is 231 g/mol. The van der Waals surface area contributed by atoms with Gasteiger partial charge in [-0.2, -0.15) is 0 Å². The second-order valence-electron chi connectivity index (χ2n) is 6.29. The van der Waals surface area contributed by atoms with Crippen LogP contribution in [0.2, 0.25) is 18.1 Å². The Kier molecular flexibility index (Phi) is 5.51.